The summed E-state index contributed by atoms with van der Waals surface area (Å²) >= 11 is 0. The van der Waals surface area contributed by atoms with Gasteiger partial charge in [-0.1, -0.05) is 12.1 Å². The molecular formula is C28H28F3N9O9. The van der Waals surface area contributed by atoms with Crippen LogP contribution >= 0.6 is 0 Å². The van der Waals surface area contributed by atoms with Gasteiger partial charge in [0.1, 0.15) is 12.6 Å². The third-order valence-electron chi connectivity index (χ3n) is 6.93. The smallest absolute Gasteiger partial charge is 0.475 e. The Balaban J connectivity index is 0.000000698. The fraction of sp³-hybridized carbons (Fsp3) is 0.393. The van der Waals surface area contributed by atoms with Gasteiger partial charge in [0.05, 0.1) is 36.7 Å². The summed E-state index contributed by atoms with van der Waals surface area (Å²) in [6, 6.07) is 4.64. The number of hydrogen-bond acceptors (Lipinski definition) is 14. The number of ether oxygens (including phenoxy) is 2. The summed E-state index contributed by atoms with van der Waals surface area (Å²) in [5.74, 6) is -5.41. The maximum absolute atomic E-state index is 13.8. The molecule has 4 amide bonds. The van der Waals surface area contributed by atoms with Crippen molar-refractivity contribution < 1.29 is 56.5 Å². The highest BCUT2D eigenvalue weighted by Gasteiger charge is 2.46. The number of imide groups is 2. The van der Waals surface area contributed by atoms with Crippen LogP contribution in [-0.4, -0.2) is 108 Å². The van der Waals surface area contributed by atoms with Gasteiger partial charge in [0, 0.05) is 25.4 Å². The number of aromatic nitrogens is 6. The van der Waals surface area contributed by atoms with Gasteiger partial charge >= 0.3 is 24.1 Å². The van der Waals surface area contributed by atoms with Crippen molar-refractivity contribution in [3.63, 3.8) is 0 Å². The van der Waals surface area contributed by atoms with Crippen LogP contribution in [0, 0.1) is 0 Å². The molecule has 2 aliphatic rings. The first kappa shape index (κ1) is 36.0. The van der Waals surface area contributed by atoms with E-state index in [1.165, 1.54) is 10.7 Å². The first-order valence-electron chi connectivity index (χ1n) is 14.5. The number of fused-ring (bicyclic) bond motifs is 1. The number of tetrazole rings is 1. The van der Waals surface area contributed by atoms with Crippen LogP contribution in [0.25, 0.3) is 0 Å². The lowest BCUT2D eigenvalue weighted by molar-refractivity contribution is -0.192. The van der Waals surface area contributed by atoms with Crippen molar-refractivity contribution >= 4 is 35.6 Å². The molecule has 1 aromatic carbocycles. The van der Waals surface area contributed by atoms with Crippen molar-refractivity contribution in [2.24, 2.45) is 0 Å². The zero-order valence-corrected chi connectivity index (χ0v) is 25.5. The second-order valence-electron chi connectivity index (χ2n) is 10.1. The van der Waals surface area contributed by atoms with Crippen LogP contribution in [0.5, 0.6) is 6.01 Å². The summed E-state index contributed by atoms with van der Waals surface area (Å²) in [5.41, 5.74) is 0.564. The van der Waals surface area contributed by atoms with Gasteiger partial charge in [-0.15, -0.1) is 5.10 Å². The number of amides is 4. The minimum Gasteiger partial charge on any atom is -0.475 e. The van der Waals surface area contributed by atoms with Crippen LogP contribution in [0.2, 0.25) is 0 Å². The van der Waals surface area contributed by atoms with E-state index < -0.39 is 53.8 Å². The number of nitrogens with one attached hydrogen (secondary N) is 2. The number of carboxylic acid groups (broad SMARTS) is 1. The second-order valence-corrected chi connectivity index (χ2v) is 10.1. The molecule has 1 fully saturated rings. The quantitative estimate of drug-likeness (QED) is 0.131. The van der Waals surface area contributed by atoms with Crippen LogP contribution < -0.4 is 15.4 Å². The van der Waals surface area contributed by atoms with Gasteiger partial charge in [0.25, 0.3) is 11.8 Å². The fourth-order valence-corrected chi connectivity index (χ4v) is 4.84. The van der Waals surface area contributed by atoms with E-state index in [1.54, 1.807) is 37.5 Å². The van der Waals surface area contributed by atoms with E-state index in [4.69, 9.17) is 19.4 Å². The predicted octanol–water partition coefficient (Wildman–Crippen LogP) is 0.209. The Hall–Kier alpha value is -5.86. The SMILES string of the molecule is CCOC(=O)CCn1nnnc1C(NCCOc1ncccn1)c1cccc2c1C(=O)N(C1CCC(=O)NC1=O)C2=O.O=C(O)C(F)(F)F. The number of rotatable bonds is 12. The number of alkyl halides is 3. The van der Waals surface area contributed by atoms with Gasteiger partial charge < -0.3 is 19.9 Å². The zero-order valence-electron chi connectivity index (χ0n) is 25.5. The summed E-state index contributed by atoms with van der Waals surface area (Å²) in [5, 5.41) is 24.5. The van der Waals surface area contributed by atoms with Gasteiger partial charge in [-0.25, -0.2) is 19.4 Å². The molecule has 2 aromatic heterocycles. The summed E-state index contributed by atoms with van der Waals surface area (Å²) in [6.45, 7) is 2.38. The molecule has 5 rings (SSSR count). The lowest BCUT2D eigenvalue weighted by atomic mass is 9.96. The summed E-state index contributed by atoms with van der Waals surface area (Å²) in [4.78, 5) is 81.3. The largest absolute Gasteiger partial charge is 0.490 e. The molecule has 3 aromatic rings. The summed E-state index contributed by atoms with van der Waals surface area (Å²) < 4.78 is 43.7. The minimum absolute atomic E-state index is 0.000655. The number of benzene rings is 1. The minimum atomic E-state index is -5.08. The molecule has 0 saturated carbocycles. The van der Waals surface area contributed by atoms with Crippen molar-refractivity contribution in [2.45, 2.75) is 51.0 Å². The van der Waals surface area contributed by atoms with E-state index in [0.29, 0.717) is 5.56 Å². The molecule has 0 spiro atoms. The third-order valence-corrected chi connectivity index (χ3v) is 6.93. The average molecular weight is 692 g/mol. The number of esters is 1. The average Bonchev–Trinajstić information content (AvgIpc) is 3.62. The highest BCUT2D eigenvalue weighted by molar-refractivity contribution is 6.24. The zero-order chi connectivity index (χ0) is 35.7. The monoisotopic (exact) mass is 691 g/mol. The number of halogens is 3. The van der Waals surface area contributed by atoms with Crippen molar-refractivity contribution in [3.8, 4) is 6.01 Å². The number of nitrogens with zero attached hydrogens (tertiary/aromatic N) is 7. The van der Waals surface area contributed by atoms with Crippen molar-refractivity contribution in [1.29, 1.82) is 0 Å². The maximum atomic E-state index is 13.8. The van der Waals surface area contributed by atoms with Crippen molar-refractivity contribution in [1.82, 2.24) is 45.7 Å². The molecule has 4 heterocycles. The van der Waals surface area contributed by atoms with E-state index in [1.807, 2.05) is 0 Å². The number of piperidine rings is 1. The van der Waals surface area contributed by atoms with Gasteiger partial charge in [-0.3, -0.25) is 34.2 Å². The molecule has 21 heteroatoms. The summed E-state index contributed by atoms with van der Waals surface area (Å²) in [6.07, 6.45) is -1.97. The molecule has 260 valence electrons. The lowest BCUT2D eigenvalue weighted by Gasteiger charge is -2.28. The Morgan fingerprint density at radius 1 is 1.12 bits per heavy atom. The highest BCUT2D eigenvalue weighted by Crippen LogP contribution is 2.34. The molecule has 0 radical (unpaired) electrons. The lowest BCUT2D eigenvalue weighted by Crippen LogP contribution is -2.54. The van der Waals surface area contributed by atoms with Gasteiger partial charge in [0.15, 0.2) is 5.82 Å². The molecule has 0 bridgehead atoms. The molecule has 18 nitrogen and oxygen atoms in total. The van der Waals surface area contributed by atoms with Crippen molar-refractivity contribution in [3.05, 3.63) is 59.2 Å². The Labute approximate surface area is 274 Å². The molecule has 2 aliphatic heterocycles. The molecule has 49 heavy (non-hydrogen) atoms. The number of carbonyl (C=O) groups excluding carboxylic acids is 5. The van der Waals surface area contributed by atoms with Crippen LogP contribution in [0.3, 0.4) is 0 Å². The normalized spacial score (nSPS) is 16.3. The van der Waals surface area contributed by atoms with Gasteiger partial charge in [-0.05, 0) is 41.5 Å². The fourth-order valence-electron chi connectivity index (χ4n) is 4.84. The first-order chi connectivity index (χ1) is 23.3. The van der Waals surface area contributed by atoms with Crippen LogP contribution in [0.1, 0.15) is 64.3 Å². The van der Waals surface area contributed by atoms with E-state index in [0.717, 1.165) is 4.90 Å². The molecule has 2 unspecified atom stereocenters. The van der Waals surface area contributed by atoms with E-state index in [-0.39, 0.29) is 68.5 Å². The number of aliphatic carboxylic acids is 1. The van der Waals surface area contributed by atoms with E-state index >= 15 is 0 Å². The van der Waals surface area contributed by atoms with Crippen LogP contribution in [0.4, 0.5) is 13.2 Å². The Bertz CT molecular complexity index is 1720. The molecular weight excluding hydrogens is 663 g/mol. The second kappa shape index (κ2) is 15.8. The highest BCUT2D eigenvalue weighted by atomic mass is 19.4. The Morgan fingerprint density at radius 3 is 2.49 bits per heavy atom. The molecule has 0 aliphatic carbocycles. The first-order valence-corrected chi connectivity index (χ1v) is 14.5. The van der Waals surface area contributed by atoms with Crippen LogP contribution in [0.15, 0.2) is 36.7 Å². The number of aryl methyl sites for hydroxylation is 1. The number of hydrogen-bond donors (Lipinski definition) is 3. The van der Waals surface area contributed by atoms with E-state index in [9.17, 15) is 37.1 Å². The van der Waals surface area contributed by atoms with Crippen LogP contribution in [-0.2, 0) is 30.5 Å². The predicted molar refractivity (Wildman–Crippen MR) is 153 cm³/mol. The Morgan fingerprint density at radius 2 is 1.84 bits per heavy atom. The van der Waals surface area contributed by atoms with Crippen molar-refractivity contribution in [2.75, 3.05) is 19.8 Å². The summed E-state index contributed by atoms with van der Waals surface area (Å²) in [7, 11) is 0. The van der Waals surface area contributed by atoms with Gasteiger partial charge in [-0.2, -0.15) is 13.2 Å². The number of carbonyl (C=O) groups is 6. The third kappa shape index (κ3) is 8.74. The standard InChI is InChI=1S/C26H27N9O7.C2HF3O2/c1-2-41-19(37)9-13-34-22(31-32-33-34)21(27-12-14-42-26-28-10-4-11-29-26)15-5-3-6-16-20(15)25(40)35(24(16)39)17-7-8-18(36)30-23(17)38;3-2(4,5)1(6)7/h3-6,10-11,17,21,27H,2,7-9,12-14H2,1H3,(H,30,36,38);(H,6,7). The molecule has 3 N–H and O–H groups in total. The number of carboxylic acids is 1. The maximum Gasteiger partial charge on any atom is 0.490 e. The topological polar surface area (TPSA) is 238 Å². The van der Waals surface area contributed by atoms with E-state index in [2.05, 4.69) is 36.1 Å². The Kier molecular flexibility index (Phi) is 11.6. The van der Waals surface area contributed by atoms with Gasteiger partial charge in [0.2, 0.25) is 11.8 Å². The molecule has 2 atom stereocenters. The molecule has 1 saturated heterocycles.